The van der Waals surface area contributed by atoms with E-state index in [9.17, 15) is 13.2 Å². The van der Waals surface area contributed by atoms with Crippen molar-refractivity contribution in [3.05, 3.63) is 23.8 Å². The molecule has 1 aliphatic rings. The zero-order valence-electron chi connectivity index (χ0n) is 12.1. The zero-order valence-corrected chi connectivity index (χ0v) is 13.0. The standard InChI is InChI=1S/C14H21N3O3S/c1-2-14(18)17-5-3-16(4-6-17)13-8-11(10-21(19)20)7-12(15)9-13/h7-9,21H,2-6,10,15H2,1H3. The van der Waals surface area contributed by atoms with Gasteiger partial charge in [0.05, 0.1) is 5.75 Å². The summed E-state index contributed by atoms with van der Waals surface area (Å²) in [5.74, 6) is 0.174. The smallest absolute Gasteiger partial charge is 0.222 e. The first-order chi connectivity index (χ1) is 9.99. The van der Waals surface area contributed by atoms with E-state index in [-0.39, 0.29) is 11.7 Å². The molecule has 0 aromatic heterocycles. The van der Waals surface area contributed by atoms with Gasteiger partial charge in [0.15, 0.2) is 0 Å². The largest absolute Gasteiger partial charge is 0.399 e. The van der Waals surface area contributed by atoms with Crippen LogP contribution in [-0.2, 0) is 21.3 Å². The highest BCUT2D eigenvalue weighted by Crippen LogP contribution is 2.22. The maximum atomic E-state index is 11.7. The molecule has 0 aliphatic carbocycles. The van der Waals surface area contributed by atoms with Crippen molar-refractivity contribution in [3.63, 3.8) is 0 Å². The maximum Gasteiger partial charge on any atom is 0.222 e. The molecule has 0 saturated carbocycles. The van der Waals surface area contributed by atoms with Gasteiger partial charge in [-0.2, -0.15) is 0 Å². The predicted molar refractivity (Wildman–Crippen MR) is 84.0 cm³/mol. The van der Waals surface area contributed by atoms with E-state index in [2.05, 4.69) is 4.90 Å². The molecule has 6 nitrogen and oxygen atoms in total. The summed E-state index contributed by atoms with van der Waals surface area (Å²) in [6.45, 7) is 4.71. The van der Waals surface area contributed by atoms with Crippen LogP contribution in [-0.4, -0.2) is 45.4 Å². The Labute approximate surface area is 126 Å². The SMILES string of the molecule is CCC(=O)N1CCN(c2cc(N)cc(C[SH](=O)=O)c2)CC1. The van der Waals surface area contributed by atoms with Crippen molar-refractivity contribution in [3.8, 4) is 0 Å². The van der Waals surface area contributed by atoms with Gasteiger partial charge in [0.1, 0.15) is 10.7 Å². The van der Waals surface area contributed by atoms with E-state index in [0.717, 1.165) is 18.8 Å². The highest BCUT2D eigenvalue weighted by Gasteiger charge is 2.20. The minimum Gasteiger partial charge on any atom is -0.399 e. The quantitative estimate of drug-likeness (QED) is 0.623. The summed E-state index contributed by atoms with van der Waals surface area (Å²) >= 11 is 0. The summed E-state index contributed by atoms with van der Waals surface area (Å²) in [4.78, 5) is 15.7. The Bertz CT molecular complexity index is 585. The van der Waals surface area contributed by atoms with Gasteiger partial charge in [0.25, 0.3) is 0 Å². The molecule has 1 saturated heterocycles. The van der Waals surface area contributed by atoms with Gasteiger partial charge in [-0.1, -0.05) is 6.92 Å². The van der Waals surface area contributed by atoms with Gasteiger partial charge in [-0.05, 0) is 23.8 Å². The van der Waals surface area contributed by atoms with Crippen LogP contribution in [0.15, 0.2) is 18.2 Å². The molecule has 0 unspecified atom stereocenters. The van der Waals surface area contributed by atoms with Gasteiger partial charge < -0.3 is 15.5 Å². The van der Waals surface area contributed by atoms with E-state index < -0.39 is 10.7 Å². The fraction of sp³-hybridized carbons (Fsp3) is 0.500. The first kappa shape index (κ1) is 15.6. The van der Waals surface area contributed by atoms with E-state index in [4.69, 9.17) is 5.73 Å². The molecule has 2 N–H and O–H groups in total. The van der Waals surface area contributed by atoms with Gasteiger partial charge in [-0.15, -0.1) is 0 Å². The van der Waals surface area contributed by atoms with E-state index in [1.165, 1.54) is 0 Å². The Balaban J connectivity index is 2.09. The molecule has 0 bridgehead atoms. The molecule has 1 heterocycles. The molecule has 1 fully saturated rings. The average Bonchev–Trinajstić information content (AvgIpc) is 2.45. The summed E-state index contributed by atoms with van der Waals surface area (Å²) in [6.07, 6.45) is 0.527. The second-order valence-electron chi connectivity index (χ2n) is 5.15. The number of anilines is 2. The van der Waals surface area contributed by atoms with Crippen LogP contribution >= 0.6 is 0 Å². The third-order valence-corrected chi connectivity index (χ3v) is 4.23. The number of nitrogens with two attached hydrogens (primary N) is 1. The Morgan fingerprint density at radius 1 is 1.19 bits per heavy atom. The molecule has 7 heteroatoms. The second kappa shape index (κ2) is 6.80. The minimum atomic E-state index is -2.46. The number of nitrogen functional groups attached to an aromatic ring is 1. The molecular weight excluding hydrogens is 290 g/mol. The summed E-state index contributed by atoms with van der Waals surface area (Å²) < 4.78 is 21.7. The fourth-order valence-electron chi connectivity index (χ4n) is 2.56. The number of benzene rings is 1. The molecule has 0 spiro atoms. The number of hydrogen-bond acceptors (Lipinski definition) is 5. The second-order valence-corrected chi connectivity index (χ2v) is 6.13. The number of rotatable bonds is 4. The number of nitrogens with zero attached hydrogens (tertiary/aromatic N) is 2. The lowest BCUT2D eigenvalue weighted by molar-refractivity contribution is -0.131. The van der Waals surface area contributed by atoms with Crippen molar-refractivity contribution >= 4 is 28.0 Å². The van der Waals surface area contributed by atoms with Crippen LogP contribution in [0.3, 0.4) is 0 Å². The predicted octanol–water partition coefficient (Wildman–Crippen LogP) is 0.439. The Morgan fingerprint density at radius 3 is 2.43 bits per heavy atom. The summed E-state index contributed by atoms with van der Waals surface area (Å²) in [5, 5.41) is 0. The highest BCUT2D eigenvalue weighted by atomic mass is 32.2. The van der Waals surface area contributed by atoms with Crippen molar-refractivity contribution in [1.29, 1.82) is 0 Å². The average molecular weight is 311 g/mol. The third-order valence-electron chi connectivity index (χ3n) is 3.61. The molecule has 21 heavy (non-hydrogen) atoms. The molecule has 1 aromatic rings. The molecule has 0 radical (unpaired) electrons. The van der Waals surface area contributed by atoms with Crippen LogP contribution in [0.25, 0.3) is 0 Å². The van der Waals surface area contributed by atoms with Crippen LogP contribution in [0.4, 0.5) is 11.4 Å². The number of piperazine rings is 1. The van der Waals surface area contributed by atoms with E-state index in [1.807, 2.05) is 24.0 Å². The van der Waals surface area contributed by atoms with E-state index >= 15 is 0 Å². The zero-order chi connectivity index (χ0) is 15.4. The first-order valence-corrected chi connectivity index (χ1v) is 8.40. The molecule has 1 amide bonds. The van der Waals surface area contributed by atoms with E-state index in [0.29, 0.717) is 30.8 Å². The minimum absolute atomic E-state index is 0.00165. The van der Waals surface area contributed by atoms with Gasteiger partial charge in [-0.3, -0.25) is 4.79 Å². The number of amides is 1. The van der Waals surface area contributed by atoms with Crippen LogP contribution < -0.4 is 10.6 Å². The number of carbonyl (C=O) groups is 1. The normalized spacial score (nSPS) is 15.5. The van der Waals surface area contributed by atoms with Gasteiger partial charge in [0.2, 0.25) is 5.91 Å². The first-order valence-electron chi connectivity index (χ1n) is 7.03. The van der Waals surface area contributed by atoms with Crippen molar-refractivity contribution in [2.24, 2.45) is 0 Å². The Hall–Kier alpha value is -1.76. The lowest BCUT2D eigenvalue weighted by atomic mass is 10.1. The number of thiol groups is 1. The molecular formula is C14H21N3O3S. The lowest BCUT2D eigenvalue weighted by Gasteiger charge is -2.36. The summed E-state index contributed by atoms with van der Waals surface area (Å²) in [5.41, 5.74) is 8.04. The lowest BCUT2D eigenvalue weighted by Crippen LogP contribution is -2.48. The highest BCUT2D eigenvalue weighted by molar-refractivity contribution is 7.71. The summed E-state index contributed by atoms with van der Waals surface area (Å²) in [6, 6.07) is 5.39. The van der Waals surface area contributed by atoms with Crippen molar-refractivity contribution in [1.82, 2.24) is 4.90 Å². The summed E-state index contributed by atoms with van der Waals surface area (Å²) in [7, 11) is -2.46. The van der Waals surface area contributed by atoms with Crippen molar-refractivity contribution in [2.75, 3.05) is 36.8 Å². The maximum absolute atomic E-state index is 11.7. The molecule has 1 aliphatic heterocycles. The van der Waals surface area contributed by atoms with Crippen LogP contribution in [0, 0.1) is 0 Å². The third kappa shape index (κ3) is 4.10. The Kier molecular flexibility index (Phi) is 5.06. The van der Waals surface area contributed by atoms with Gasteiger partial charge in [-0.25, -0.2) is 8.42 Å². The van der Waals surface area contributed by atoms with E-state index in [1.54, 1.807) is 6.07 Å². The van der Waals surface area contributed by atoms with Crippen molar-refractivity contribution in [2.45, 2.75) is 19.1 Å². The van der Waals surface area contributed by atoms with Crippen LogP contribution in [0.5, 0.6) is 0 Å². The molecule has 1 aromatic carbocycles. The fourth-order valence-corrected chi connectivity index (χ4v) is 3.04. The van der Waals surface area contributed by atoms with Gasteiger partial charge >= 0.3 is 0 Å². The Morgan fingerprint density at radius 2 is 1.86 bits per heavy atom. The monoisotopic (exact) mass is 311 g/mol. The van der Waals surface area contributed by atoms with Crippen molar-refractivity contribution < 1.29 is 13.2 Å². The number of carbonyl (C=O) groups excluding carboxylic acids is 1. The van der Waals surface area contributed by atoms with Crippen LogP contribution in [0.2, 0.25) is 0 Å². The molecule has 2 rings (SSSR count). The molecule has 0 atom stereocenters. The van der Waals surface area contributed by atoms with Gasteiger partial charge in [0, 0.05) is 44.0 Å². The number of hydrogen-bond donors (Lipinski definition) is 2. The topological polar surface area (TPSA) is 83.7 Å². The molecule has 116 valence electrons. The van der Waals surface area contributed by atoms with Crippen LogP contribution in [0.1, 0.15) is 18.9 Å².